The number of rotatable bonds is 6. The van der Waals surface area contributed by atoms with Gasteiger partial charge < -0.3 is 15.4 Å². The normalized spacial score (nSPS) is 10.2. The van der Waals surface area contributed by atoms with E-state index in [1.165, 1.54) is 30.6 Å². The molecule has 1 aromatic heterocycles. The number of benzene rings is 2. The topological polar surface area (TPSA) is 76.1 Å². The van der Waals surface area contributed by atoms with E-state index < -0.39 is 11.7 Å². The van der Waals surface area contributed by atoms with E-state index in [1.54, 1.807) is 6.07 Å². The Kier molecular flexibility index (Phi) is 5.38. The van der Waals surface area contributed by atoms with Crippen LogP contribution in [0.2, 0.25) is 0 Å². The van der Waals surface area contributed by atoms with E-state index >= 15 is 0 Å². The van der Waals surface area contributed by atoms with Gasteiger partial charge in [0.25, 0.3) is 5.91 Å². The van der Waals surface area contributed by atoms with Crippen LogP contribution in [0.25, 0.3) is 0 Å². The van der Waals surface area contributed by atoms with Crippen LogP contribution in [0.4, 0.5) is 21.6 Å². The highest BCUT2D eigenvalue weighted by atomic mass is 19.1. The van der Waals surface area contributed by atoms with Gasteiger partial charge in [-0.3, -0.25) is 4.79 Å². The van der Waals surface area contributed by atoms with Crippen LogP contribution >= 0.6 is 0 Å². The Hall–Kier alpha value is -3.48. The first kappa shape index (κ1) is 17.3. The number of ether oxygens (including phenoxy) is 1. The molecule has 132 valence electrons. The number of nitrogens with zero attached hydrogens (tertiary/aromatic N) is 2. The molecule has 0 aliphatic rings. The summed E-state index contributed by atoms with van der Waals surface area (Å²) in [6, 6.07) is 13.1. The van der Waals surface area contributed by atoms with Gasteiger partial charge in [-0.25, -0.2) is 14.4 Å². The molecular formula is C19H17FN4O2. The third-order valence-electron chi connectivity index (χ3n) is 3.40. The van der Waals surface area contributed by atoms with Crippen LogP contribution in [0.5, 0.6) is 5.75 Å². The Morgan fingerprint density at radius 2 is 1.88 bits per heavy atom. The highest BCUT2D eigenvalue weighted by molar-refractivity contribution is 6.02. The van der Waals surface area contributed by atoms with Crippen molar-refractivity contribution in [2.24, 2.45) is 0 Å². The number of carbonyl (C=O) groups is 1. The number of anilines is 3. The van der Waals surface area contributed by atoms with Crippen LogP contribution in [0.1, 0.15) is 17.4 Å². The van der Waals surface area contributed by atoms with Crippen molar-refractivity contribution >= 4 is 23.1 Å². The van der Waals surface area contributed by atoms with Crippen LogP contribution in [0.15, 0.2) is 60.9 Å². The molecular weight excluding hydrogens is 335 g/mol. The fraction of sp³-hybridized carbons (Fsp3) is 0.105. The molecule has 0 aliphatic carbocycles. The lowest BCUT2D eigenvalue weighted by Crippen LogP contribution is -2.14. The molecule has 0 radical (unpaired) electrons. The van der Waals surface area contributed by atoms with Crippen molar-refractivity contribution in [1.82, 2.24) is 9.97 Å². The Labute approximate surface area is 150 Å². The van der Waals surface area contributed by atoms with Crippen LogP contribution < -0.4 is 15.4 Å². The third-order valence-corrected chi connectivity index (χ3v) is 3.40. The number of halogens is 1. The van der Waals surface area contributed by atoms with Crippen molar-refractivity contribution in [3.8, 4) is 5.75 Å². The maximum atomic E-state index is 13.2. The van der Waals surface area contributed by atoms with Crippen LogP contribution in [0.3, 0.4) is 0 Å². The first-order chi connectivity index (χ1) is 12.6. The zero-order valence-electron chi connectivity index (χ0n) is 14.1. The molecule has 0 aliphatic heterocycles. The molecule has 0 saturated heterocycles. The van der Waals surface area contributed by atoms with Crippen molar-refractivity contribution in [3.05, 3.63) is 72.4 Å². The quantitative estimate of drug-likeness (QED) is 0.701. The van der Waals surface area contributed by atoms with Crippen molar-refractivity contribution in [1.29, 1.82) is 0 Å². The van der Waals surface area contributed by atoms with Gasteiger partial charge in [0.1, 0.15) is 23.1 Å². The minimum Gasteiger partial charge on any atom is -0.494 e. The summed E-state index contributed by atoms with van der Waals surface area (Å²) in [7, 11) is 0. The average molecular weight is 352 g/mol. The molecule has 2 aromatic carbocycles. The van der Waals surface area contributed by atoms with E-state index in [0.717, 1.165) is 11.4 Å². The molecule has 0 spiro atoms. The SMILES string of the molecule is CCOc1ccc(Nc2cnc(C(=O)Nc3cccc(F)c3)cn2)cc1. The molecule has 26 heavy (non-hydrogen) atoms. The summed E-state index contributed by atoms with van der Waals surface area (Å²) in [5, 5.41) is 5.66. The van der Waals surface area contributed by atoms with E-state index in [4.69, 9.17) is 4.74 Å². The molecule has 1 heterocycles. The van der Waals surface area contributed by atoms with Gasteiger partial charge in [0.15, 0.2) is 0 Å². The van der Waals surface area contributed by atoms with Gasteiger partial charge >= 0.3 is 0 Å². The summed E-state index contributed by atoms with van der Waals surface area (Å²) >= 11 is 0. The van der Waals surface area contributed by atoms with Crippen molar-refractivity contribution in [2.45, 2.75) is 6.92 Å². The van der Waals surface area contributed by atoms with Gasteiger partial charge in [-0.2, -0.15) is 0 Å². The van der Waals surface area contributed by atoms with Gasteiger partial charge in [-0.05, 0) is 49.4 Å². The van der Waals surface area contributed by atoms with Gasteiger partial charge in [-0.1, -0.05) is 6.07 Å². The van der Waals surface area contributed by atoms with E-state index in [0.29, 0.717) is 18.1 Å². The number of nitrogens with one attached hydrogen (secondary N) is 2. The Morgan fingerprint density at radius 3 is 2.54 bits per heavy atom. The van der Waals surface area contributed by atoms with E-state index in [9.17, 15) is 9.18 Å². The zero-order valence-corrected chi connectivity index (χ0v) is 14.1. The lowest BCUT2D eigenvalue weighted by molar-refractivity contribution is 0.102. The summed E-state index contributed by atoms with van der Waals surface area (Å²) in [4.78, 5) is 20.4. The van der Waals surface area contributed by atoms with Gasteiger partial charge in [-0.15, -0.1) is 0 Å². The third kappa shape index (κ3) is 4.54. The molecule has 0 atom stereocenters. The maximum Gasteiger partial charge on any atom is 0.275 e. The van der Waals surface area contributed by atoms with Crippen molar-refractivity contribution < 1.29 is 13.9 Å². The fourth-order valence-electron chi connectivity index (χ4n) is 2.22. The first-order valence-electron chi connectivity index (χ1n) is 8.03. The van der Waals surface area contributed by atoms with Gasteiger partial charge in [0.2, 0.25) is 0 Å². The second kappa shape index (κ2) is 8.06. The molecule has 0 bridgehead atoms. The molecule has 0 unspecified atom stereocenters. The number of hydrogen-bond donors (Lipinski definition) is 2. The second-order valence-electron chi connectivity index (χ2n) is 5.33. The molecule has 0 fully saturated rings. The van der Waals surface area contributed by atoms with Crippen molar-refractivity contribution in [3.63, 3.8) is 0 Å². The monoisotopic (exact) mass is 352 g/mol. The standard InChI is InChI=1S/C19H17FN4O2/c1-2-26-16-8-6-14(7-9-16)23-18-12-21-17(11-22-18)19(25)24-15-5-3-4-13(20)10-15/h3-12H,2H2,1H3,(H,22,23)(H,24,25). The summed E-state index contributed by atoms with van der Waals surface area (Å²) in [6.45, 7) is 2.53. The van der Waals surface area contributed by atoms with Gasteiger partial charge in [0.05, 0.1) is 19.0 Å². The Balaban J connectivity index is 1.63. The van der Waals surface area contributed by atoms with E-state index in [1.807, 2.05) is 31.2 Å². The number of aromatic nitrogens is 2. The summed E-state index contributed by atoms with van der Waals surface area (Å²) in [5.74, 6) is 0.393. The second-order valence-corrected chi connectivity index (χ2v) is 5.33. The predicted octanol–water partition coefficient (Wildman–Crippen LogP) is 4.01. The van der Waals surface area contributed by atoms with Crippen LogP contribution in [-0.4, -0.2) is 22.5 Å². The molecule has 6 nitrogen and oxygen atoms in total. The number of hydrogen-bond acceptors (Lipinski definition) is 5. The number of carbonyl (C=O) groups excluding carboxylic acids is 1. The minimum absolute atomic E-state index is 0.131. The summed E-state index contributed by atoms with van der Waals surface area (Å²) < 4.78 is 18.5. The highest BCUT2D eigenvalue weighted by Gasteiger charge is 2.09. The largest absolute Gasteiger partial charge is 0.494 e. The summed E-state index contributed by atoms with van der Waals surface area (Å²) in [6.07, 6.45) is 2.81. The zero-order chi connectivity index (χ0) is 18.4. The highest BCUT2D eigenvalue weighted by Crippen LogP contribution is 2.18. The lowest BCUT2D eigenvalue weighted by Gasteiger charge is -2.08. The predicted molar refractivity (Wildman–Crippen MR) is 97.3 cm³/mol. The minimum atomic E-state index is -0.462. The molecule has 2 N–H and O–H groups in total. The molecule has 3 aromatic rings. The van der Waals surface area contributed by atoms with E-state index in [2.05, 4.69) is 20.6 Å². The molecule has 7 heteroatoms. The van der Waals surface area contributed by atoms with Crippen molar-refractivity contribution in [2.75, 3.05) is 17.2 Å². The Bertz CT molecular complexity index is 883. The summed E-state index contributed by atoms with van der Waals surface area (Å²) in [5.41, 5.74) is 1.31. The fourth-order valence-corrected chi connectivity index (χ4v) is 2.22. The molecule has 0 saturated carbocycles. The lowest BCUT2D eigenvalue weighted by atomic mass is 10.3. The average Bonchev–Trinajstić information content (AvgIpc) is 2.64. The van der Waals surface area contributed by atoms with E-state index in [-0.39, 0.29) is 5.69 Å². The smallest absolute Gasteiger partial charge is 0.275 e. The molecule has 3 rings (SSSR count). The number of amides is 1. The first-order valence-corrected chi connectivity index (χ1v) is 8.03. The van der Waals surface area contributed by atoms with Gasteiger partial charge in [0, 0.05) is 11.4 Å². The maximum absolute atomic E-state index is 13.2. The Morgan fingerprint density at radius 1 is 1.08 bits per heavy atom. The van der Waals surface area contributed by atoms with Crippen LogP contribution in [-0.2, 0) is 0 Å². The molecule has 1 amide bonds. The van der Waals surface area contributed by atoms with Crippen LogP contribution in [0, 0.1) is 5.82 Å².